The van der Waals surface area contributed by atoms with Gasteiger partial charge in [0.25, 0.3) is 5.91 Å². The van der Waals surface area contributed by atoms with E-state index in [0.29, 0.717) is 5.69 Å². The fourth-order valence-electron chi connectivity index (χ4n) is 3.65. The molecule has 1 saturated heterocycles. The summed E-state index contributed by atoms with van der Waals surface area (Å²) in [5.41, 5.74) is -1.47. The minimum absolute atomic E-state index is 0.124. The van der Waals surface area contributed by atoms with Crippen LogP contribution in [0.1, 0.15) is 49.4 Å². The number of hydrogen-bond acceptors (Lipinski definition) is 5. The molecule has 4 amide bonds. The van der Waals surface area contributed by atoms with Gasteiger partial charge in [-0.25, -0.2) is 4.79 Å². The van der Waals surface area contributed by atoms with Crippen LogP contribution in [0.3, 0.4) is 0 Å². The van der Waals surface area contributed by atoms with E-state index < -0.39 is 35.8 Å². The Morgan fingerprint density at radius 1 is 1.23 bits per heavy atom. The van der Waals surface area contributed by atoms with Gasteiger partial charge >= 0.3 is 12.0 Å². The summed E-state index contributed by atoms with van der Waals surface area (Å²) in [6.45, 7) is 7.62. The van der Waals surface area contributed by atoms with Gasteiger partial charge in [0.1, 0.15) is 10.5 Å². The van der Waals surface area contributed by atoms with Gasteiger partial charge in [-0.1, -0.05) is 50.0 Å². The molecule has 3 rings (SSSR count). The summed E-state index contributed by atoms with van der Waals surface area (Å²) in [5.74, 6) is -2.31. The third kappa shape index (κ3) is 5.71. The van der Waals surface area contributed by atoms with Crippen molar-refractivity contribution in [2.45, 2.75) is 45.1 Å². The molecule has 4 N–H and O–H groups in total. The van der Waals surface area contributed by atoms with E-state index in [0.717, 1.165) is 4.88 Å². The zero-order valence-corrected chi connectivity index (χ0v) is 22.0. The van der Waals surface area contributed by atoms with Crippen molar-refractivity contribution >= 4 is 69.0 Å². The van der Waals surface area contributed by atoms with Crippen molar-refractivity contribution in [3.63, 3.8) is 0 Å². The van der Waals surface area contributed by atoms with Crippen LogP contribution in [0.15, 0.2) is 24.3 Å². The van der Waals surface area contributed by atoms with Crippen LogP contribution in [0.5, 0.6) is 0 Å². The first-order valence-corrected chi connectivity index (χ1v) is 12.3. The van der Waals surface area contributed by atoms with Gasteiger partial charge in [-0.3, -0.25) is 19.7 Å². The summed E-state index contributed by atoms with van der Waals surface area (Å²) in [5, 5.41) is 18.0. The Labute approximate surface area is 216 Å². The van der Waals surface area contributed by atoms with Gasteiger partial charge in [0.2, 0.25) is 5.91 Å². The van der Waals surface area contributed by atoms with Crippen LogP contribution in [-0.2, 0) is 15.0 Å². The third-order valence-corrected chi connectivity index (χ3v) is 7.87. The van der Waals surface area contributed by atoms with E-state index in [1.807, 2.05) is 20.8 Å². The van der Waals surface area contributed by atoms with E-state index in [1.165, 1.54) is 23.2 Å². The van der Waals surface area contributed by atoms with E-state index in [2.05, 4.69) is 16.0 Å². The van der Waals surface area contributed by atoms with Crippen LogP contribution in [0.2, 0.25) is 10.0 Å². The molecule has 1 aliphatic heterocycles. The molecule has 0 bridgehead atoms. The lowest BCUT2D eigenvalue weighted by atomic mass is 9.90. The first-order chi connectivity index (χ1) is 16.2. The van der Waals surface area contributed by atoms with Crippen molar-refractivity contribution in [3.05, 3.63) is 44.8 Å². The summed E-state index contributed by atoms with van der Waals surface area (Å²) in [6.07, 6.45) is -0.558. The van der Waals surface area contributed by atoms with Gasteiger partial charge in [0, 0.05) is 18.0 Å². The molecule has 0 radical (unpaired) electrons. The van der Waals surface area contributed by atoms with Gasteiger partial charge in [-0.15, -0.1) is 11.3 Å². The predicted octanol–water partition coefficient (Wildman–Crippen LogP) is 4.80. The quantitative estimate of drug-likeness (QED) is 0.433. The Balaban J connectivity index is 1.97. The van der Waals surface area contributed by atoms with Gasteiger partial charge in [0.15, 0.2) is 0 Å². The molecular weight excluding hydrogens is 515 g/mol. The predicted molar refractivity (Wildman–Crippen MR) is 137 cm³/mol. The van der Waals surface area contributed by atoms with Crippen molar-refractivity contribution in [3.8, 4) is 0 Å². The largest absolute Gasteiger partial charge is 0.481 e. The second-order valence-electron chi connectivity index (χ2n) is 9.34. The van der Waals surface area contributed by atoms with Crippen molar-refractivity contribution in [1.82, 2.24) is 10.2 Å². The number of halogens is 2. The second-order valence-corrected chi connectivity index (χ2v) is 11.2. The molecule has 188 valence electrons. The van der Waals surface area contributed by atoms with E-state index >= 15 is 0 Å². The number of carboxylic acids is 1. The number of carbonyl (C=O) groups excluding carboxylic acids is 3. The Kier molecular flexibility index (Phi) is 7.68. The average molecular weight is 541 g/mol. The lowest BCUT2D eigenvalue weighted by Crippen LogP contribution is -2.65. The number of nitrogens with one attached hydrogen (secondary N) is 3. The first-order valence-electron chi connectivity index (χ1n) is 10.7. The number of piperazine rings is 1. The molecule has 12 heteroatoms. The van der Waals surface area contributed by atoms with Crippen LogP contribution in [0.25, 0.3) is 0 Å². The molecule has 9 nitrogen and oxygen atoms in total. The molecule has 1 aromatic heterocycles. The lowest BCUT2D eigenvalue weighted by molar-refractivity contribution is -0.147. The van der Waals surface area contributed by atoms with Gasteiger partial charge < -0.3 is 20.6 Å². The highest BCUT2D eigenvalue weighted by molar-refractivity contribution is 7.16. The number of rotatable bonds is 5. The zero-order valence-electron chi connectivity index (χ0n) is 19.6. The van der Waals surface area contributed by atoms with E-state index in [4.69, 9.17) is 23.2 Å². The summed E-state index contributed by atoms with van der Waals surface area (Å²) >= 11 is 13.4. The molecule has 1 fully saturated rings. The standard InChI is InChI=1S/C23H26Cl2N4O5S/c1-22(2,3)15-10-12(19(32)29-9-8-26-20(33)23(29,4)11-16(30)31)18(35-15)28-21(34)27-14-7-5-6-13(24)17(14)25/h5-7,10H,8-9,11H2,1-4H3,(H,26,33)(H,30,31)(H2,27,28,34). The molecule has 1 aliphatic rings. The summed E-state index contributed by atoms with van der Waals surface area (Å²) in [6, 6.07) is 5.82. The van der Waals surface area contributed by atoms with Crippen LogP contribution >= 0.6 is 34.5 Å². The monoisotopic (exact) mass is 540 g/mol. The van der Waals surface area contributed by atoms with Crippen LogP contribution < -0.4 is 16.0 Å². The molecule has 1 atom stereocenters. The number of nitrogens with zero attached hydrogens (tertiary/aromatic N) is 1. The fourth-order valence-corrected chi connectivity index (χ4v) is 5.10. The molecule has 1 aromatic carbocycles. The van der Waals surface area contributed by atoms with Crippen LogP contribution in [-0.4, -0.2) is 52.4 Å². The Hall–Kier alpha value is -2.82. The highest BCUT2D eigenvalue weighted by Crippen LogP contribution is 2.38. The number of aliphatic carboxylic acids is 1. The normalized spacial score (nSPS) is 18.1. The number of carboxylic acid groups (broad SMARTS) is 1. The molecule has 2 heterocycles. The number of carbonyl (C=O) groups is 4. The molecule has 0 aliphatic carbocycles. The van der Waals surface area contributed by atoms with E-state index in [-0.39, 0.29) is 39.1 Å². The van der Waals surface area contributed by atoms with E-state index in [1.54, 1.807) is 24.3 Å². The number of hydrogen-bond donors (Lipinski definition) is 4. The Morgan fingerprint density at radius 3 is 2.54 bits per heavy atom. The number of thiophene rings is 1. The summed E-state index contributed by atoms with van der Waals surface area (Å²) in [4.78, 5) is 52.7. The number of benzene rings is 1. The maximum absolute atomic E-state index is 13.7. The Bertz CT molecular complexity index is 1190. The number of anilines is 2. The average Bonchev–Trinajstić information content (AvgIpc) is 3.16. The molecule has 35 heavy (non-hydrogen) atoms. The SMILES string of the molecule is CC(C)(C)c1cc(C(=O)N2CCNC(=O)C2(C)CC(=O)O)c(NC(=O)Nc2cccc(Cl)c2Cl)s1. The minimum Gasteiger partial charge on any atom is -0.481 e. The van der Waals surface area contributed by atoms with Crippen LogP contribution in [0.4, 0.5) is 15.5 Å². The Morgan fingerprint density at radius 2 is 1.91 bits per heavy atom. The minimum atomic E-state index is -1.58. The maximum Gasteiger partial charge on any atom is 0.324 e. The molecule has 0 saturated carbocycles. The van der Waals surface area contributed by atoms with Crippen molar-refractivity contribution in [2.24, 2.45) is 0 Å². The maximum atomic E-state index is 13.7. The van der Waals surface area contributed by atoms with Gasteiger partial charge in [-0.2, -0.15) is 0 Å². The topological polar surface area (TPSA) is 128 Å². The van der Waals surface area contributed by atoms with Crippen LogP contribution in [0, 0.1) is 0 Å². The van der Waals surface area contributed by atoms with E-state index in [9.17, 15) is 24.3 Å². The molecule has 0 spiro atoms. The molecular formula is C23H26Cl2N4O5S. The number of urea groups is 1. The van der Waals surface area contributed by atoms with Crippen molar-refractivity contribution in [1.29, 1.82) is 0 Å². The first kappa shape index (κ1) is 26.8. The zero-order chi connectivity index (χ0) is 26.1. The highest BCUT2D eigenvalue weighted by atomic mass is 35.5. The lowest BCUT2D eigenvalue weighted by Gasteiger charge is -2.42. The third-order valence-electron chi connectivity index (χ3n) is 5.58. The van der Waals surface area contributed by atoms with Crippen molar-refractivity contribution < 1.29 is 24.3 Å². The fraction of sp³-hybridized carbons (Fsp3) is 0.391. The summed E-state index contributed by atoms with van der Waals surface area (Å²) in [7, 11) is 0. The highest BCUT2D eigenvalue weighted by Gasteiger charge is 2.47. The number of amides is 4. The second kappa shape index (κ2) is 10.0. The van der Waals surface area contributed by atoms with Crippen molar-refractivity contribution in [2.75, 3.05) is 23.7 Å². The summed E-state index contributed by atoms with van der Waals surface area (Å²) < 4.78 is 0. The molecule has 1 unspecified atom stereocenters. The molecule has 2 aromatic rings. The smallest absolute Gasteiger partial charge is 0.324 e. The van der Waals surface area contributed by atoms with Gasteiger partial charge in [0.05, 0.1) is 27.7 Å². The van der Waals surface area contributed by atoms with Gasteiger partial charge in [-0.05, 0) is 30.5 Å².